The molecule has 5 nitrogen and oxygen atoms in total. The van der Waals surface area contributed by atoms with Gasteiger partial charge in [-0.2, -0.15) is 5.48 Å². The SMILES string of the molecule is CCCC(C)N1CCC[C@H]1COCC(=O)CNO. The Morgan fingerprint density at radius 3 is 3.06 bits per heavy atom. The van der Waals surface area contributed by atoms with Gasteiger partial charge in [-0.15, -0.1) is 0 Å². The number of carbonyl (C=O) groups excluding carboxylic acids is 1. The molecule has 106 valence electrons. The number of ketones is 1. The van der Waals surface area contributed by atoms with Crippen LogP contribution in [-0.2, 0) is 9.53 Å². The number of rotatable bonds is 9. The number of ether oxygens (including phenoxy) is 1. The first-order valence-corrected chi connectivity index (χ1v) is 6.91. The van der Waals surface area contributed by atoms with Crippen LogP contribution in [0.25, 0.3) is 0 Å². The molecule has 0 aromatic rings. The Bertz CT molecular complexity index is 248. The van der Waals surface area contributed by atoms with Gasteiger partial charge >= 0.3 is 0 Å². The maximum Gasteiger partial charge on any atom is 0.174 e. The van der Waals surface area contributed by atoms with Crippen LogP contribution in [0.5, 0.6) is 0 Å². The molecule has 1 aliphatic heterocycles. The molecule has 0 aliphatic carbocycles. The van der Waals surface area contributed by atoms with Gasteiger partial charge in [0.1, 0.15) is 6.61 Å². The number of likely N-dealkylation sites (tertiary alicyclic amines) is 1. The van der Waals surface area contributed by atoms with E-state index in [9.17, 15) is 4.79 Å². The highest BCUT2D eigenvalue weighted by Crippen LogP contribution is 2.22. The lowest BCUT2D eigenvalue weighted by Gasteiger charge is -2.30. The fourth-order valence-corrected chi connectivity index (χ4v) is 2.65. The summed E-state index contributed by atoms with van der Waals surface area (Å²) in [4.78, 5) is 13.7. The molecule has 0 saturated carbocycles. The molecule has 0 amide bonds. The third-order valence-electron chi connectivity index (χ3n) is 3.54. The number of hydroxylamine groups is 1. The molecule has 1 rings (SSSR count). The van der Waals surface area contributed by atoms with E-state index in [-0.39, 0.29) is 18.9 Å². The molecule has 18 heavy (non-hydrogen) atoms. The van der Waals surface area contributed by atoms with Crippen molar-refractivity contribution in [1.29, 1.82) is 0 Å². The third-order valence-corrected chi connectivity index (χ3v) is 3.54. The summed E-state index contributed by atoms with van der Waals surface area (Å²) in [5.41, 5.74) is 1.85. The maximum atomic E-state index is 11.2. The molecule has 1 unspecified atom stereocenters. The summed E-state index contributed by atoms with van der Waals surface area (Å²) in [7, 11) is 0. The summed E-state index contributed by atoms with van der Waals surface area (Å²) in [6, 6.07) is 1.04. The largest absolute Gasteiger partial charge is 0.372 e. The van der Waals surface area contributed by atoms with Crippen molar-refractivity contribution in [3.63, 3.8) is 0 Å². The molecule has 1 aliphatic rings. The average molecular weight is 258 g/mol. The van der Waals surface area contributed by atoms with E-state index in [0.717, 1.165) is 13.0 Å². The standard InChI is InChI=1S/C13H26N2O3/c1-3-5-11(2)15-7-4-6-12(15)9-18-10-13(16)8-14-17/h11-12,14,17H,3-10H2,1-2H3/t11?,12-/m0/s1. The van der Waals surface area contributed by atoms with Crippen molar-refractivity contribution in [2.24, 2.45) is 0 Å². The van der Waals surface area contributed by atoms with Crippen LogP contribution in [0.15, 0.2) is 0 Å². The van der Waals surface area contributed by atoms with Crippen molar-refractivity contribution >= 4 is 5.78 Å². The normalized spacial score (nSPS) is 22.3. The van der Waals surface area contributed by atoms with Gasteiger partial charge in [0.25, 0.3) is 0 Å². The van der Waals surface area contributed by atoms with Crippen molar-refractivity contribution in [2.45, 2.75) is 51.6 Å². The average Bonchev–Trinajstić information content (AvgIpc) is 2.78. The molecule has 1 fully saturated rings. The van der Waals surface area contributed by atoms with E-state index in [2.05, 4.69) is 18.7 Å². The topological polar surface area (TPSA) is 61.8 Å². The zero-order valence-electron chi connectivity index (χ0n) is 11.5. The van der Waals surface area contributed by atoms with Gasteiger partial charge in [-0.25, -0.2) is 0 Å². The van der Waals surface area contributed by atoms with E-state index in [1.807, 2.05) is 5.48 Å². The Kier molecular flexibility index (Phi) is 7.42. The number of hydrogen-bond donors (Lipinski definition) is 2. The second-order valence-corrected chi connectivity index (χ2v) is 5.06. The maximum absolute atomic E-state index is 11.2. The highest BCUT2D eigenvalue weighted by atomic mass is 16.5. The van der Waals surface area contributed by atoms with Gasteiger partial charge in [-0.1, -0.05) is 13.3 Å². The van der Waals surface area contributed by atoms with Crippen LogP contribution in [0.2, 0.25) is 0 Å². The Morgan fingerprint density at radius 2 is 2.39 bits per heavy atom. The number of Topliss-reactive ketones (excluding diaryl/α,β-unsaturated/α-hetero) is 1. The van der Waals surface area contributed by atoms with E-state index < -0.39 is 0 Å². The summed E-state index contributed by atoms with van der Waals surface area (Å²) in [6.45, 7) is 6.27. The lowest BCUT2D eigenvalue weighted by atomic mass is 10.1. The first-order chi connectivity index (χ1) is 8.69. The summed E-state index contributed by atoms with van der Waals surface area (Å²) >= 11 is 0. The van der Waals surface area contributed by atoms with E-state index in [0.29, 0.717) is 18.7 Å². The van der Waals surface area contributed by atoms with Crippen molar-refractivity contribution in [1.82, 2.24) is 10.4 Å². The van der Waals surface area contributed by atoms with Crippen LogP contribution < -0.4 is 5.48 Å². The van der Waals surface area contributed by atoms with E-state index in [1.54, 1.807) is 0 Å². The molecule has 0 radical (unpaired) electrons. The fraction of sp³-hybridized carbons (Fsp3) is 0.923. The molecule has 1 saturated heterocycles. The first-order valence-electron chi connectivity index (χ1n) is 6.91. The van der Waals surface area contributed by atoms with Crippen molar-refractivity contribution in [3.8, 4) is 0 Å². The second kappa shape index (κ2) is 8.58. The predicted molar refractivity (Wildman–Crippen MR) is 69.7 cm³/mol. The van der Waals surface area contributed by atoms with Crippen molar-refractivity contribution in [2.75, 3.05) is 26.3 Å². The molecule has 0 bridgehead atoms. The molecular formula is C13H26N2O3. The highest BCUT2D eigenvalue weighted by molar-refractivity contribution is 5.81. The Morgan fingerprint density at radius 1 is 1.61 bits per heavy atom. The van der Waals surface area contributed by atoms with E-state index >= 15 is 0 Å². The summed E-state index contributed by atoms with van der Waals surface area (Å²) < 4.78 is 5.45. The smallest absolute Gasteiger partial charge is 0.174 e. The first kappa shape index (κ1) is 15.6. The van der Waals surface area contributed by atoms with Crippen LogP contribution in [0.3, 0.4) is 0 Å². The number of carbonyl (C=O) groups is 1. The van der Waals surface area contributed by atoms with Crippen molar-refractivity contribution in [3.05, 3.63) is 0 Å². The molecular weight excluding hydrogens is 232 g/mol. The number of nitrogens with zero attached hydrogens (tertiary/aromatic N) is 1. The lowest BCUT2D eigenvalue weighted by molar-refractivity contribution is -0.124. The molecule has 1 heterocycles. The van der Waals surface area contributed by atoms with Gasteiger partial charge in [0, 0.05) is 12.1 Å². The Hall–Kier alpha value is -0.490. The molecule has 0 aromatic heterocycles. The van der Waals surface area contributed by atoms with Gasteiger partial charge < -0.3 is 9.94 Å². The van der Waals surface area contributed by atoms with Gasteiger partial charge in [0.2, 0.25) is 0 Å². The van der Waals surface area contributed by atoms with Crippen molar-refractivity contribution < 1.29 is 14.7 Å². The van der Waals surface area contributed by atoms with E-state index in [1.165, 1.54) is 19.3 Å². The summed E-state index contributed by atoms with van der Waals surface area (Å²) in [6.07, 6.45) is 4.78. The minimum absolute atomic E-state index is 0.0411. The van der Waals surface area contributed by atoms with Gasteiger partial charge in [-0.05, 0) is 32.7 Å². The molecule has 2 atom stereocenters. The van der Waals surface area contributed by atoms with Crippen LogP contribution >= 0.6 is 0 Å². The van der Waals surface area contributed by atoms with Gasteiger partial charge in [0.15, 0.2) is 5.78 Å². The van der Waals surface area contributed by atoms with Crippen LogP contribution in [0.1, 0.15) is 39.5 Å². The second-order valence-electron chi connectivity index (χ2n) is 5.06. The summed E-state index contributed by atoms with van der Waals surface area (Å²) in [5.74, 6) is -0.122. The molecule has 0 spiro atoms. The number of hydrogen-bond acceptors (Lipinski definition) is 5. The number of nitrogens with one attached hydrogen (secondary N) is 1. The molecule has 2 N–H and O–H groups in total. The van der Waals surface area contributed by atoms with E-state index in [4.69, 9.17) is 9.94 Å². The van der Waals surface area contributed by atoms with Crippen LogP contribution in [-0.4, -0.2) is 54.3 Å². The monoisotopic (exact) mass is 258 g/mol. The Labute approximate surface area is 109 Å². The van der Waals surface area contributed by atoms with Gasteiger partial charge in [-0.3, -0.25) is 9.69 Å². The quantitative estimate of drug-likeness (QED) is 0.609. The van der Waals surface area contributed by atoms with Gasteiger partial charge in [0.05, 0.1) is 13.2 Å². The third kappa shape index (κ3) is 5.02. The zero-order chi connectivity index (χ0) is 13.4. The minimum atomic E-state index is -0.122. The van der Waals surface area contributed by atoms with Crippen LogP contribution in [0, 0.1) is 0 Å². The molecule has 0 aromatic carbocycles. The zero-order valence-corrected chi connectivity index (χ0v) is 11.5. The molecule has 5 heteroatoms. The lowest BCUT2D eigenvalue weighted by Crippen LogP contribution is -2.40. The Balaban J connectivity index is 2.25. The van der Waals surface area contributed by atoms with Crippen LogP contribution in [0.4, 0.5) is 0 Å². The fourth-order valence-electron chi connectivity index (χ4n) is 2.65. The summed E-state index contributed by atoms with van der Waals surface area (Å²) in [5, 5.41) is 8.39. The minimum Gasteiger partial charge on any atom is -0.372 e. The predicted octanol–water partition coefficient (Wildman–Crippen LogP) is 1.20. The highest BCUT2D eigenvalue weighted by Gasteiger charge is 2.28.